The van der Waals surface area contributed by atoms with Gasteiger partial charge < -0.3 is 9.14 Å². The van der Waals surface area contributed by atoms with Crippen molar-refractivity contribution >= 4 is 16.8 Å². The van der Waals surface area contributed by atoms with Gasteiger partial charge in [0.1, 0.15) is 23.8 Å². The molecule has 2 aliphatic rings. The predicted octanol–water partition coefficient (Wildman–Crippen LogP) is 6.27. The van der Waals surface area contributed by atoms with E-state index in [-0.39, 0.29) is 12.4 Å². The predicted molar refractivity (Wildman–Crippen MR) is 145 cm³/mol. The summed E-state index contributed by atoms with van der Waals surface area (Å²) in [5.74, 6) is 0.262. The Balaban J connectivity index is 1.35. The normalized spacial score (nSPS) is 16.6. The Hall–Kier alpha value is -4.46. The molecule has 1 fully saturated rings. The first kappa shape index (κ1) is 23.6. The van der Waals surface area contributed by atoms with Crippen LogP contribution in [0.4, 0.5) is 4.39 Å². The van der Waals surface area contributed by atoms with Gasteiger partial charge in [-0.15, -0.1) is 0 Å². The monoisotopic (exact) mass is 522 g/mol. The summed E-state index contributed by atoms with van der Waals surface area (Å²) in [6, 6.07) is 17.0. The minimum atomic E-state index is -0.629. The van der Waals surface area contributed by atoms with Gasteiger partial charge in [-0.1, -0.05) is 42.3 Å². The Morgan fingerprint density at radius 1 is 1.10 bits per heavy atom. The van der Waals surface area contributed by atoms with Crippen LogP contribution in [0.25, 0.3) is 16.8 Å². The highest BCUT2D eigenvalue weighted by Gasteiger charge is 2.26. The molecule has 196 valence electrons. The lowest BCUT2D eigenvalue weighted by molar-refractivity contribution is 0.305. The quantitative estimate of drug-likeness (QED) is 0.301. The number of aromatic nitrogens is 4. The third-order valence-corrected chi connectivity index (χ3v) is 7.98. The highest BCUT2D eigenvalue weighted by atomic mass is 19.1. The van der Waals surface area contributed by atoms with Gasteiger partial charge in [0.05, 0.1) is 11.4 Å². The number of nitrogens with zero attached hydrogens (tertiary/aromatic N) is 3. The van der Waals surface area contributed by atoms with E-state index in [0.29, 0.717) is 23.1 Å². The maximum Gasteiger partial charge on any atom is 0.439 e. The first-order valence-corrected chi connectivity index (χ1v) is 13.3. The van der Waals surface area contributed by atoms with Gasteiger partial charge in [0.2, 0.25) is 0 Å². The van der Waals surface area contributed by atoms with E-state index in [9.17, 15) is 9.18 Å². The van der Waals surface area contributed by atoms with Crippen LogP contribution < -0.4 is 10.5 Å². The first-order valence-electron chi connectivity index (χ1n) is 13.3. The zero-order valence-electron chi connectivity index (χ0n) is 21.5. The number of nitrogens with one attached hydrogen (secondary N) is 1. The molecule has 7 rings (SSSR count). The van der Waals surface area contributed by atoms with Crippen LogP contribution in [0.2, 0.25) is 0 Å². The van der Waals surface area contributed by atoms with E-state index in [0.717, 1.165) is 39.9 Å². The number of hydrogen-bond acceptors (Lipinski definition) is 5. The number of hydrogen-bond donors (Lipinski definition) is 1. The van der Waals surface area contributed by atoms with Crippen molar-refractivity contribution in [2.45, 2.75) is 51.6 Å². The highest BCUT2D eigenvalue weighted by molar-refractivity contribution is 5.99. The maximum absolute atomic E-state index is 14.2. The fraction of sp³-hybridized carbons (Fsp3) is 0.258. The van der Waals surface area contributed by atoms with Gasteiger partial charge in [-0.3, -0.25) is 9.51 Å². The van der Waals surface area contributed by atoms with Gasteiger partial charge in [0.15, 0.2) is 5.82 Å². The third-order valence-electron chi connectivity index (χ3n) is 7.98. The van der Waals surface area contributed by atoms with Gasteiger partial charge >= 0.3 is 5.76 Å². The average Bonchev–Trinajstić information content (AvgIpc) is 3.68. The van der Waals surface area contributed by atoms with Crippen LogP contribution in [0.15, 0.2) is 70.1 Å². The minimum absolute atomic E-state index is 0.286. The molecule has 1 aliphatic carbocycles. The minimum Gasteiger partial charge on any atom is -0.488 e. The van der Waals surface area contributed by atoms with Crippen molar-refractivity contribution in [3.8, 4) is 5.75 Å². The van der Waals surface area contributed by atoms with Gasteiger partial charge in [0, 0.05) is 35.7 Å². The van der Waals surface area contributed by atoms with Crippen LogP contribution >= 0.6 is 0 Å². The number of pyridine rings is 1. The summed E-state index contributed by atoms with van der Waals surface area (Å²) in [7, 11) is 0. The molecule has 0 atom stereocenters. The highest BCUT2D eigenvalue weighted by Crippen LogP contribution is 2.42. The lowest BCUT2D eigenvalue weighted by atomic mass is 9.89. The molecular weight excluding hydrogens is 495 g/mol. The van der Waals surface area contributed by atoms with Crippen LogP contribution in [0.5, 0.6) is 5.75 Å². The van der Waals surface area contributed by atoms with Gasteiger partial charge in [0.25, 0.3) is 0 Å². The summed E-state index contributed by atoms with van der Waals surface area (Å²) >= 11 is 0. The van der Waals surface area contributed by atoms with Crippen molar-refractivity contribution in [2.24, 2.45) is 0 Å². The second-order valence-electron chi connectivity index (χ2n) is 10.4. The van der Waals surface area contributed by atoms with E-state index in [4.69, 9.17) is 14.2 Å². The number of ether oxygens (including phenoxy) is 1. The molecule has 7 nitrogen and oxygen atoms in total. The smallest absolute Gasteiger partial charge is 0.439 e. The van der Waals surface area contributed by atoms with Crippen molar-refractivity contribution in [1.82, 2.24) is 19.5 Å². The molecule has 3 aromatic heterocycles. The summed E-state index contributed by atoms with van der Waals surface area (Å²) in [5, 5.41) is 3.90. The van der Waals surface area contributed by atoms with Crippen molar-refractivity contribution in [3.05, 3.63) is 117 Å². The number of allylic oxidation sites excluding steroid dienone is 1. The molecule has 0 unspecified atom stereocenters. The number of imidazole rings is 1. The second kappa shape index (κ2) is 9.38. The summed E-state index contributed by atoms with van der Waals surface area (Å²) in [5.41, 5.74) is 8.73. The zero-order chi connectivity index (χ0) is 26.5. The standard InChI is InChI=1S/C31H27FN4O3/c1-18(30-34-31(37)39-35-30)28-23-11-9-19(14-21(23)17-38-26-16-22(32)10-12-24(26)28)15-25-29(20-6-2-3-7-20)33-27-8-4-5-13-36(25)27/h4-5,8-14,16,20H,2-3,6-7,15,17H2,1H3,(H,34,35,37). The molecule has 5 aromatic rings. The number of aromatic amines is 1. The van der Waals surface area contributed by atoms with Crippen LogP contribution in [0.3, 0.4) is 0 Å². The van der Waals surface area contributed by atoms with E-state index < -0.39 is 5.76 Å². The lowest BCUT2D eigenvalue weighted by Gasteiger charge is -2.15. The van der Waals surface area contributed by atoms with Gasteiger partial charge in [-0.25, -0.2) is 14.2 Å². The first-order chi connectivity index (χ1) is 19.0. The fourth-order valence-electron chi connectivity index (χ4n) is 6.12. The van der Waals surface area contributed by atoms with Crippen molar-refractivity contribution in [1.29, 1.82) is 0 Å². The van der Waals surface area contributed by atoms with Crippen molar-refractivity contribution < 1.29 is 13.7 Å². The second-order valence-corrected chi connectivity index (χ2v) is 10.4. The molecule has 0 saturated heterocycles. The molecule has 39 heavy (non-hydrogen) atoms. The topological polar surface area (TPSA) is 85.4 Å². The summed E-state index contributed by atoms with van der Waals surface area (Å²) < 4.78 is 27.3. The number of halogens is 1. The van der Waals surface area contributed by atoms with E-state index >= 15 is 0 Å². The number of H-pyrrole nitrogens is 1. The van der Waals surface area contributed by atoms with E-state index in [1.165, 1.54) is 49.2 Å². The number of fused-ring (bicyclic) bond motifs is 3. The van der Waals surface area contributed by atoms with E-state index in [1.54, 1.807) is 6.07 Å². The molecule has 0 radical (unpaired) electrons. The van der Waals surface area contributed by atoms with Crippen molar-refractivity contribution in [3.63, 3.8) is 0 Å². The van der Waals surface area contributed by atoms with Crippen LogP contribution in [0.1, 0.15) is 78.0 Å². The Bertz CT molecular complexity index is 1810. The summed E-state index contributed by atoms with van der Waals surface area (Å²) in [4.78, 5) is 19.4. The average molecular weight is 523 g/mol. The Kier molecular flexibility index (Phi) is 5.68. The largest absolute Gasteiger partial charge is 0.488 e. The summed E-state index contributed by atoms with van der Waals surface area (Å²) in [6.45, 7) is 2.15. The SMILES string of the molecule is CC(=C1c2ccc(Cc3c(C4CCCC4)nc4ccccn34)cc2COc2cc(F)ccc21)c1noc(=O)[nH]1. The lowest BCUT2D eigenvalue weighted by Crippen LogP contribution is -2.04. The van der Waals surface area contributed by atoms with Gasteiger partial charge in [-0.05, 0) is 66.3 Å². The fourth-order valence-corrected chi connectivity index (χ4v) is 6.12. The third kappa shape index (κ3) is 4.16. The summed E-state index contributed by atoms with van der Waals surface area (Å²) in [6.07, 6.45) is 7.70. The molecule has 1 N–H and O–H groups in total. The van der Waals surface area contributed by atoms with Crippen LogP contribution in [0, 0.1) is 5.82 Å². The zero-order valence-corrected chi connectivity index (χ0v) is 21.5. The maximum atomic E-state index is 14.2. The number of benzene rings is 2. The molecular formula is C31H27FN4O3. The van der Waals surface area contributed by atoms with Gasteiger partial charge in [-0.2, -0.15) is 0 Å². The van der Waals surface area contributed by atoms with E-state index in [2.05, 4.69) is 45.0 Å². The van der Waals surface area contributed by atoms with Crippen LogP contribution in [-0.2, 0) is 13.0 Å². The van der Waals surface area contributed by atoms with Crippen LogP contribution in [-0.4, -0.2) is 19.5 Å². The molecule has 2 aromatic carbocycles. The number of rotatable bonds is 4. The Morgan fingerprint density at radius 3 is 2.77 bits per heavy atom. The van der Waals surface area contributed by atoms with Crippen molar-refractivity contribution in [2.75, 3.05) is 0 Å². The molecule has 8 heteroatoms. The molecule has 0 spiro atoms. The molecule has 1 aliphatic heterocycles. The molecule has 1 saturated carbocycles. The molecule has 0 bridgehead atoms. The Morgan fingerprint density at radius 2 is 1.95 bits per heavy atom. The molecule has 4 heterocycles. The molecule has 0 amide bonds. The Labute approximate surface area is 224 Å². The van der Waals surface area contributed by atoms with E-state index in [1.807, 2.05) is 19.1 Å².